The maximum atomic E-state index is 11.0. The van der Waals surface area contributed by atoms with E-state index in [1.807, 2.05) is 0 Å². The summed E-state index contributed by atoms with van der Waals surface area (Å²) < 4.78 is 4.34. The first-order valence-electron chi connectivity index (χ1n) is 3.85. The number of methoxy groups -OCH3 is 1. The number of esters is 1. The number of phenols is 2. The lowest BCUT2D eigenvalue weighted by atomic mass is 10.1. The average Bonchev–Trinajstić information content (AvgIpc) is 2.14. The number of benzene rings is 1. The van der Waals surface area contributed by atoms with E-state index in [9.17, 15) is 19.8 Å². The first-order chi connectivity index (χ1) is 6.97. The topological polar surface area (TPSA) is 104 Å². The molecule has 0 aliphatic heterocycles. The SMILES string of the molecule is COC(=O)c1cc(O)c(C(=O)O)c(O)c1. The van der Waals surface area contributed by atoms with Crippen molar-refractivity contribution in [2.75, 3.05) is 7.11 Å². The molecule has 0 radical (unpaired) electrons. The van der Waals surface area contributed by atoms with E-state index in [-0.39, 0.29) is 5.56 Å². The molecule has 0 aromatic heterocycles. The lowest BCUT2D eigenvalue weighted by Crippen LogP contribution is -2.04. The van der Waals surface area contributed by atoms with Crippen LogP contribution in [0.2, 0.25) is 0 Å². The number of carbonyl (C=O) groups excluding carboxylic acids is 1. The third-order valence-corrected chi connectivity index (χ3v) is 1.73. The molecule has 6 heteroatoms. The second-order valence-corrected chi connectivity index (χ2v) is 2.69. The van der Waals surface area contributed by atoms with Crippen molar-refractivity contribution in [3.8, 4) is 11.5 Å². The molecule has 80 valence electrons. The van der Waals surface area contributed by atoms with Crippen molar-refractivity contribution >= 4 is 11.9 Å². The van der Waals surface area contributed by atoms with Gasteiger partial charge in [-0.25, -0.2) is 9.59 Å². The predicted molar refractivity (Wildman–Crippen MR) is 48.1 cm³/mol. The Balaban J connectivity index is 3.31. The van der Waals surface area contributed by atoms with Crippen LogP contribution in [0, 0.1) is 0 Å². The number of rotatable bonds is 2. The van der Waals surface area contributed by atoms with E-state index < -0.39 is 29.0 Å². The molecule has 0 saturated heterocycles. The van der Waals surface area contributed by atoms with Gasteiger partial charge in [-0.1, -0.05) is 0 Å². The van der Waals surface area contributed by atoms with Gasteiger partial charge in [0.15, 0.2) is 0 Å². The van der Waals surface area contributed by atoms with E-state index in [1.54, 1.807) is 0 Å². The fourth-order valence-electron chi connectivity index (χ4n) is 1.07. The van der Waals surface area contributed by atoms with Gasteiger partial charge in [0.05, 0.1) is 12.7 Å². The second kappa shape index (κ2) is 3.87. The number of hydrogen-bond donors (Lipinski definition) is 3. The van der Waals surface area contributed by atoms with Crippen LogP contribution < -0.4 is 0 Å². The molecule has 0 fully saturated rings. The summed E-state index contributed by atoms with van der Waals surface area (Å²) in [5.74, 6) is -3.65. The largest absolute Gasteiger partial charge is 0.507 e. The van der Waals surface area contributed by atoms with Gasteiger partial charge in [-0.2, -0.15) is 0 Å². The third-order valence-electron chi connectivity index (χ3n) is 1.73. The highest BCUT2D eigenvalue weighted by Gasteiger charge is 2.19. The van der Waals surface area contributed by atoms with Gasteiger partial charge in [-0.15, -0.1) is 0 Å². The molecule has 0 bridgehead atoms. The summed E-state index contributed by atoms with van der Waals surface area (Å²) in [5, 5.41) is 27.1. The lowest BCUT2D eigenvalue weighted by Gasteiger charge is -2.05. The zero-order valence-corrected chi connectivity index (χ0v) is 7.72. The van der Waals surface area contributed by atoms with Crippen LogP contribution in [0.1, 0.15) is 20.7 Å². The highest BCUT2D eigenvalue weighted by atomic mass is 16.5. The van der Waals surface area contributed by atoms with Crippen molar-refractivity contribution in [2.45, 2.75) is 0 Å². The van der Waals surface area contributed by atoms with Gasteiger partial charge in [-0.05, 0) is 12.1 Å². The molecular weight excluding hydrogens is 204 g/mol. The molecular formula is C9H8O6. The summed E-state index contributed by atoms with van der Waals surface area (Å²) in [6, 6.07) is 1.82. The lowest BCUT2D eigenvalue weighted by molar-refractivity contribution is 0.0596. The molecule has 0 spiro atoms. The van der Waals surface area contributed by atoms with E-state index in [2.05, 4.69) is 4.74 Å². The molecule has 6 nitrogen and oxygen atoms in total. The van der Waals surface area contributed by atoms with Crippen molar-refractivity contribution in [1.29, 1.82) is 0 Å². The van der Waals surface area contributed by atoms with E-state index >= 15 is 0 Å². The van der Waals surface area contributed by atoms with E-state index in [0.29, 0.717) is 0 Å². The molecule has 1 aromatic carbocycles. The van der Waals surface area contributed by atoms with Crippen LogP contribution in [0.15, 0.2) is 12.1 Å². The molecule has 1 rings (SSSR count). The number of aromatic carboxylic acids is 1. The number of carboxylic acids is 1. The Hall–Kier alpha value is -2.24. The summed E-state index contributed by atoms with van der Waals surface area (Å²) >= 11 is 0. The highest BCUT2D eigenvalue weighted by Crippen LogP contribution is 2.28. The van der Waals surface area contributed by atoms with Crippen molar-refractivity contribution in [3.63, 3.8) is 0 Å². The minimum Gasteiger partial charge on any atom is -0.507 e. The fourth-order valence-corrected chi connectivity index (χ4v) is 1.07. The first-order valence-corrected chi connectivity index (χ1v) is 3.85. The second-order valence-electron chi connectivity index (χ2n) is 2.69. The Morgan fingerprint density at radius 3 is 2.00 bits per heavy atom. The van der Waals surface area contributed by atoms with Crippen LogP contribution in [-0.4, -0.2) is 34.4 Å². The summed E-state index contributed by atoms with van der Waals surface area (Å²) in [6.07, 6.45) is 0. The molecule has 0 amide bonds. The van der Waals surface area contributed by atoms with Crippen molar-refractivity contribution in [1.82, 2.24) is 0 Å². The minimum atomic E-state index is -1.48. The number of ether oxygens (including phenoxy) is 1. The standard InChI is InChI=1S/C9H8O6/c1-15-9(14)4-2-5(10)7(8(12)13)6(11)3-4/h2-3,10-11H,1H3,(H,12,13). The van der Waals surface area contributed by atoms with Crippen molar-refractivity contribution in [3.05, 3.63) is 23.3 Å². The van der Waals surface area contributed by atoms with Gasteiger partial charge in [0.25, 0.3) is 0 Å². The molecule has 0 unspecified atom stereocenters. The summed E-state index contributed by atoms with van der Waals surface area (Å²) in [5.41, 5.74) is -0.778. The average molecular weight is 212 g/mol. The molecule has 15 heavy (non-hydrogen) atoms. The number of aromatic hydroxyl groups is 2. The van der Waals surface area contributed by atoms with Crippen LogP contribution in [0.25, 0.3) is 0 Å². The molecule has 1 aromatic rings. The Morgan fingerprint density at radius 1 is 1.20 bits per heavy atom. The van der Waals surface area contributed by atoms with Crippen LogP contribution in [-0.2, 0) is 4.74 Å². The fraction of sp³-hybridized carbons (Fsp3) is 0.111. The Kier molecular flexibility index (Phi) is 2.80. The van der Waals surface area contributed by atoms with Crippen molar-refractivity contribution in [2.24, 2.45) is 0 Å². The van der Waals surface area contributed by atoms with Crippen LogP contribution in [0.4, 0.5) is 0 Å². The molecule has 0 heterocycles. The van der Waals surface area contributed by atoms with Gasteiger partial charge in [0, 0.05) is 0 Å². The number of carboxylic acid groups (broad SMARTS) is 1. The quantitative estimate of drug-likeness (QED) is 0.619. The minimum absolute atomic E-state index is 0.127. The van der Waals surface area contributed by atoms with E-state index in [4.69, 9.17) is 5.11 Å². The molecule has 0 saturated carbocycles. The molecule has 0 aliphatic rings. The van der Waals surface area contributed by atoms with E-state index in [0.717, 1.165) is 19.2 Å². The monoisotopic (exact) mass is 212 g/mol. The Labute approximate surface area is 84.3 Å². The molecule has 3 N–H and O–H groups in total. The smallest absolute Gasteiger partial charge is 0.343 e. The summed E-state index contributed by atoms with van der Waals surface area (Å²) in [6.45, 7) is 0. The normalized spacial score (nSPS) is 9.67. The third kappa shape index (κ3) is 1.98. The maximum absolute atomic E-state index is 11.0. The van der Waals surface area contributed by atoms with Crippen LogP contribution in [0.3, 0.4) is 0 Å². The van der Waals surface area contributed by atoms with E-state index in [1.165, 1.54) is 0 Å². The van der Waals surface area contributed by atoms with Gasteiger partial charge in [0.1, 0.15) is 17.1 Å². The van der Waals surface area contributed by atoms with Crippen LogP contribution >= 0.6 is 0 Å². The maximum Gasteiger partial charge on any atom is 0.343 e. The Bertz CT molecular complexity index is 400. The zero-order chi connectivity index (χ0) is 11.6. The van der Waals surface area contributed by atoms with Crippen molar-refractivity contribution < 1.29 is 29.6 Å². The summed E-state index contributed by atoms with van der Waals surface area (Å²) in [7, 11) is 1.13. The zero-order valence-electron chi connectivity index (χ0n) is 7.72. The Morgan fingerprint density at radius 2 is 1.67 bits per heavy atom. The van der Waals surface area contributed by atoms with Crippen LogP contribution in [0.5, 0.6) is 11.5 Å². The van der Waals surface area contributed by atoms with Gasteiger partial charge >= 0.3 is 11.9 Å². The molecule has 0 aliphatic carbocycles. The first kappa shape index (κ1) is 10.8. The summed E-state index contributed by atoms with van der Waals surface area (Å²) in [4.78, 5) is 21.6. The number of hydrogen-bond acceptors (Lipinski definition) is 5. The molecule has 0 atom stereocenters. The van der Waals surface area contributed by atoms with Gasteiger partial charge in [-0.3, -0.25) is 0 Å². The highest BCUT2D eigenvalue weighted by molar-refractivity contribution is 5.97. The van der Waals surface area contributed by atoms with Gasteiger partial charge < -0.3 is 20.1 Å². The van der Waals surface area contributed by atoms with Gasteiger partial charge in [0.2, 0.25) is 0 Å². The predicted octanol–water partition coefficient (Wildman–Crippen LogP) is 0.583. The number of carbonyl (C=O) groups is 2.